The molecular formula is C14H18N4O3. The Labute approximate surface area is 122 Å². The minimum absolute atomic E-state index is 0.0532. The highest BCUT2D eigenvalue weighted by Crippen LogP contribution is 2.27. The summed E-state index contributed by atoms with van der Waals surface area (Å²) in [6, 6.07) is 4.33. The lowest BCUT2D eigenvalue weighted by atomic mass is 10.1. The smallest absolute Gasteiger partial charge is 0.251 e. The first-order valence-corrected chi connectivity index (χ1v) is 6.72. The van der Waals surface area contributed by atoms with Gasteiger partial charge in [0.15, 0.2) is 0 Å². The molecule has 2 rings (SSSR count). The van der Waals surface area contributed by atoms with Gasteiger partial charge in [0.2, 0.25) is 11.8 Å². The van der Waals surface area contributed by atoms with Crippen LogP contribution < -0.4 is 21.3 Å². The number of anilines is 2. The molecule has 4 N–H and O–H groups in total. The molecule has 0 aliphatic carbocycles. The number of nitrogens with zero attached hydrogens (tertiary/aromatic N) is 1. The number of amides is 3. The monoisotopic (exact) mass is 290 g/mol. The fraction of sp³-hybridized carbons (Fsp3) is 0.357. The fourth-order valence-corrected chi connectivity index (χ4v) is 2.23. The van der Waals surface area contributed by atoms with Gasteiger partial charge >= 0.3 is 0 Å². The zero-order chi connectivity index (χ0) is 15.6. The van der Waals surface area contributed by atoms with Gasteiger partial charge in [0.1, 0.15) is 6.04 Å². The topological polar surface area (TPSA) is 105 Å². The highest BCUT2D eigenvalue weighted by molar-refractivity contribution is 6.05. The Morgan fingerprint density at radius 1 is 1.48 bits per heavy atom. The van der Waals surface area contributed by atoms with Crippen molar-refractivity contribution in [2.75, 3.05) is 23.7 Å². The highest BCUT2D eigenvalue weighted by Gasteiger charge is 2.31. The Morgan fingerprint density at radius 3 is 2.81 bits per heavy atom. The van der Waals surface area contributed by atoms with E-state index in [4.69, 9.17) is 5.73 Å². The normalized spacial score (nSPS) is 18.4. The van der Waals surface area contributed by atoms with E-state index in [1.807, 2.05) is 6.92 Å². The summed E-state index contributed by atoms with van der Waals surface area (Å²) in [5.41, 5.74) is 7.34. The van der Waals surface area contributed by atoms with Crippen LogP contribution in [0.1, 0.15) is 24.2 Å². The molecule has 112 valence electrons. The molecule has 0 aromatic heterocycles. The molecule has 1 saturated heterocycles. The van der Waals surface area contributed by atoms with E-state index in [2.05, 4.69) is 10.6 Å². The summed E-state index contributed by atoms with van der Waals surface area (Å²) in [5.74, 6) is -0.944. The van der Waals surface area contributed by atoms with Crippen LogP contribution in [0.15, 0.2) is 18.2 Å². The van der Waals surface area contributed by atoms with Gasteiger partial charge in [-0.1, -0.05) is 0 Å². The molecule has 1 heterocycles. The third kappa shape index (κ3) is 2.96. The summed E-state index contributed by atoms with van der Waals surface area (Å²) in [5, 5.41) is 4.95. The second-order valence-corrected chi connectivity index (χ2v) is 4.85. The first kappa shape index (κ1) is 14.8. The van der Waals surface area contributed by atoms with Crippen molar-refractivity contribution < 1.29 is 14.4 Å². The van der Waals surface area contributed by atoms with Crippen LogP contribution in [0.5, 0.6) is 0 Å². The summed E-state index contributed by atoms with van der Waals surface area (Å²) in [6.07, 6.45) is 0. The molecule has 1 aromatic rings. The number of carbonyl (C=O) groups excluding carboxylic acids is 3. The third-order valence-corrected chi connectivity index (χ3v) is 3.36. The second kappa shape index (κ2) is 5.82. The molecule has 21 heavy (non-hydrogen) atoms. The van der Waals surface area contributed by atoms with E-state index in [9.17, 15) is 14.4 Å². The minimum Gasteiger partial charge on any atom is -0.397 e. The average Bonchev–Trinajstić information content (AvgIpc) is 2.43. The molecule has 1 unspecified atom stereocenters. The van der Waals surface area contributed by atoms with Crippen LogP contribution in [0.4, 0.5) is 11.4 Å². The van der Waals surface area contributed by atoms with Crippen LogP contribution in [0.3, 0.4) is 0 Å². The van der Waals surface area contributed by atoms with Crippen molar-refractivity contribution in [3.8, 4) is 0 Å². The summed E-state index contributed by atoms with van der Waals surface area (Å²) in [6.45, 7) is 4.10. The third-order valence-electron chi connectivity index (χ3n) is 3.36. The van der Waals surface area contributed by atoms with Gasteiger partial charge in [-0.25, -0.2) is 0 Å². The number of hydrogen-bond acceptors (Lipinski definition) is 5. The minimum atomic E-state index is -0.500. The molecule has 7 nitrogen and oxygen atoms in total. The number of hydrogen-bond donors (Lipinski definition) is 3. The lowest BCUT2D eigenvalue weighted by Gasteiger charge is -2.34. The summed E-state index contributed by atoms with van der Waals surface area (Å²) >= 11 is 0. The molecule has 0 saturated carbocycles. The zero-order valence-corrected chi connectivity index (χ0v) is 12.0. The van der Waals surface area contributed by atoms with Gasteiger partial charge in [0.25, 0.3) is 5.91 Å². The molecule has 1 aliphatic rings. The van der Waals surface area contributed by atoms with Gasteiger partial charge in [-0.05, 0) is 32.0 Å². The molecule has 0 spiro atoms. The molecule has 1 fully saturated rings. The van der Waals surface area contributed by atoms with Crippen molar-refractivity contribution in [1.29, 1.82) is 0 Å². The van der Waals surface area contributed by atoms with E-state index in [1.165, 1.54) is 0 Å². The first-order chi connectivity index (χ1) is 9.93. The van der Waals surface area contributed by atoms with Crippen molar-refractivity contribution in [3.05, 3.63) is 23.8 Å². The maximum atomic E-state index is 11.8. The molecule has 1 aliphatic heterocycles. The largest absolute Gasteiger partial charge is 0.397 e. The van der Waals surface area contributed by atoms with Crippen molar-refractivity contribution in [1.82, 2.24) is 10.6 Å². The van der Waals surface area contributed by atoms with Gasteiger partial charge in [0, 0.05) is 12.1 Å². The Balaban J connectivity index is 2.30. The van der Waals surface area contributed by atoms with Gasteiger partial charge in [-0.2, -0.15) is 0 Å². The average molecular weight is 290 g/mol. The van der Waals surface area contributed by atoms with Crippen LogP contribution in [-0.4, -0.2) is 36.9 Å². The van der Waals surface area contributed by atoms with Crippen molar-refractivity contribution in [2.24, 2.45) is 0 Å². The standard InChI is InChI=1S/C14H18N4O3/c1-3-16-14(21)9-4-5-11(10(15)6-9)18-7-12(19)17-13(20)8(18)2/h4-6,8H,3,7,15H2,1-2H3,(H,16,21)(H,17,19,20). The van der Waals surface area contributed by atoms with E-state index < -0.39 is 6.04 Å². The quantitative estimate of drug-likeness (QED) is 0.531. The highest BCUT2D eigenvalue weighted by atomic mass is 16.2. The van der Waals surface area contributed by atoms with E-state index in [-0.39, 0.29) is 24.3 Å². The van der Waals surface area contributed by atoms with Crippen LogP contribution >= 0.6 is 0 Å². The van der Waals surface area contributed by atoms with Crippen LogP contribution in [0, 0.1) is 0 Å². The molecule has 3 amide bonds. The van der Waals surface area contributed by atoms with E-state index in [0.717, 1.165) is 0 Å². The maximum absolute atomic E-state index is 11.8. The number of nitrogens with two attached hydrogens (primary N) is 1. The van der Waals surface area contributed by atoms with E-state index >= 15 is 0 Å². The van der Waals surface area contributed by atoms with E-state index in [0.29, 0.717) is 23.5 Å². The molecule has 1 aromatic carbocycles. The lowest BCUT2D eigenvalue weighted by Crippen LogP contribution is -2.57. The number of imide groups is 1. The lowest BCUT2D eigenvalue weighted by molar-refractivity contribution is -0.132. The van der Waals surface area contributed by atoms with Gasteiger partial charge < -0.3 is 16.0 Å². The zero-order valence-electron chi connectivity index (χ0n) is 12.0. The second-order valence-electron chi connectivity index (χ2n) is 4.85. The number of benzene rings is 1. The number of carbonyl (C=O) groups is 3. The molecule has 7 heteroatoms. The van der Waals surface area contributed by atoms with Crippen LogP contribution in [-0.2, 0) is 9.59 Å². The Morgan fingerprint density at radius 2 is 2.19 bits per heavy atom. The Hall–Kier alpha value is -2.57. The van der Waals surface area contributed by atoms with Crippen molar-refractivity contribution in [3.63, 3.8) is 0 Å². The summed E-state index contributed by atoms with van der Waals surface area (Å²) in [7, 11) is 0. The number of nitrogen functional groups attached to an aromatic ring is 1. The predicted octanol–water partition coefficient (Wildman–Crippen LogP) is -0.130. The van der Waals surface area contributed by atoms with E-state index in [1.54, 1.807) is 30.0 Å². The maximum Gasteiger partial charge on any atom is 0.251 e. The summed E-state index contributed by atoms with van der Waals surface area (Å²) < 4.78 is 0. The Kier molecular flexibility index (Phi) is 4.11. The molecular weight excluding hydrogens is 272 g/mol. The SMILES string of the molecule is CCNC(=O)c1ccc(N2CC(=O)NC(=O)C2C)c(N)c1. The van der Waals surface area contributed by atoms with Gasteiger partial charge in [-0.3, -0.25) is 19.7 Å². The van der Waals surface area contributed by atoms with Crippen LogP contribution in [0.2, 0.25) is 0 Å². The van der Waals surface area contributed by atoms with Crippen molar-refractivity contribution in [2.45, 2.75) is 19.9 Å². The fourth-order valence-electron chi connectivity index (χ4n) is 2.23. The van der Waals surface area contributed by atoms with Crippen molar-refractivity contribution >= 4 is 29.1 Å². The Bertz CT molecular complexity index is 600. The van der Waals surface area contributed by atoms with Gasteiger partial charge in [-0.15, -0.1) is 0 Å². The molecule has 0 radical (unpaired) electrons. The summed E-state index contributed by atoms with van der Waals surface area (Å²) in [4.78, 5) is 36.6. The first-order valence-electron chi connectivity index (χ1n) is 6.72. The molecule has 1 atom stereocenters. The number of piperazine rings is 1. The van der Waals surface area contributed by atoms with Gasteiger partial charge in [0.05, 0.1) is 17.9 Å². The number of nitrogens with one attached hydrogen (secondary N) is 2. The van der Waals surface area contributed by atoms with Crippen LogP contribution in [0.25, 0.3) is 0 Å². The molecule has 0 bridgehead atoms. The number of rotatable bonds is 3. The predicted molar refractivity (Wildman–Crippen MR) is 78.8 cm³/mol.